The third-order valence-electron chi connectivity index (χ3n) is 4.09. The topological polar surface area (TPSA) is 86.0 Å². The molecule has 0 radical (unpaired) electrons. The molecule has 0 atom stereocenters. The van der Waals surface area contributed by atoms with E-state index in [2.05, 4.69) is 15.8 Å². The van der Waals surface area contributed by atoms with E-state index in [-0.39, 0.29) is 5.56 Å². The molecule has 0 fully saturated rings. The second kappa shape index (κ2) is 8.39. The van der Waals surface area contributed by atoms with Crippen molar-refractivity contribution < 1.29 is 9.90 Å². The molecule has 2 aromatic carbocycles. The van der Waals surface area contributed by atoms with Crippen LogP contribution in [0.1, 0.15) is 28.4 Å². The van der Waals surface area contributed by atoms with Gasteiger partial charge in [0.1, 0.15) is 0 Å². The second-order valence-corrected chi connectivity index (χ2v) is 6.65. The highest BCUT2D eigenvalue weighted by atomic mass is 32.2. The summed E-state index contributed by atoms with van der Waals surface area (Å²) in [6.07, 6.45) is 4.26. The van der Waals surface area contributed by atoms with Crippen LogP contribution in [-0.4, -0.2) is 16.1 Å². The van der Waals surface area contributed by atoms with E-state index in [0.29, 0.717) is 5.56 Å². The van der Waals surface area contributed by atoms with E-state index >= 15 is 0 Å². The molecule has 0 aliphatic heterocycles. The minimum Gasteiger partial charge on any atom is -0.478 e. The van der Waals surface area contributed by atoms with E-state index in [1.807, 2.05) is 31.2 Å². The number of nitriles is 1. The third-order valence-corrected chi connectivity index (χ3v) is 5.01. The summed E-state index contributed by atoms with van der Waals surface area (Å²) in [6.45, 7) is 2.03. The standard InChI is InChI=1S/C21H17N3O2S/c1-2-15-6-7-16(21(25)26)11-20(15)27-24-19-10-14(12-22)5-8-18(19)17-4-3-9-23-13-17/h3-11,13,24H,2H2,1H3,(H,25,26). The summed E-state index contributed by atoms with van der Waals surface area (Å²) < 4.78 is 3.29. The molecule has 0 bridgehead atoms. The van der Waals surface area contributed by atoms with Gasteiger partial charge in [-0.15, -0.1) is 0 Å². The van der Waals surface area contributed by atoms with Gasteiger partial charge < -0.3 is 9.83 Å². The summed E-state index contributed by atoms with van der Waals surface area (Å²) in [5.74, 6) is -0.956. The van der Waals surface area contributed by atoms with Crippen LogP contribution in [0, 0.1) is 11.3 Å². The molecule has 0 saturated carbocycles. The molecule has 2 N–H and O–H groups in total. The van der Waals surface area contributed by atoms with Crippen LogP contribution in [0.25, 0.3) is 11.1 Å². The summed E-state index contributed by atoms with van der Waals surface area (Å²) in [4.78, 5) is 16.3. The SMILES string of the molecule is CCc1ccc(C(=O)O)cc1SNc1cc(C#N)ccc1-c1cccnc1. The van der Waals surface area contributed by atoms with E-state index < -0.39 is 5.97 Å². The number of carboxylic acids is 1. The maximum Gasteiger partial charge on any atom is 0.335 e. The number of benzene rings is 2. The average molecular weight is 375 g/mol. The van der Waals surface area contributed by atoms with Crippen LogP contribution in [-0.2, 0) is 6.42 Å². The molecule has 3 aromatic rings. The summed E-state index contributed by atoms with van der Waals surface area (Å²) in [5.41, 5.74) is 4.46. The Balaban J connectivity index is 1.95. The van der Waals surface area contributed by atoms with Gasteiger partial charge in [0.05, 0.1) is 22.9 Å². The summed E-state index contributed by atoms with van der Waals surface area (Å²) in [7, 11) is 0. The number of pyridine rings is 1. The molecular formula is C21H17N3O2S. The fraction of sp³-hybridized carbons (Fsp3) is 0.0952. The van der Waals surface area contributed by atoms with Crippen molar-refractivity contribution in [1.82, 2.24) is 4.98 Å². The molecule has 134 valence electrons. The van der Waals surface area contributed by atoms with Gasteiger partial charge in [-0.2, -0.15) is 5.26 Å². The van der Waals surface area contributed by atoms with E-state index in [1.165, 1.54) is 11.9 Å². The number of aromatic carboxylic acids is 1. The smallest absolute Gasteiger partial charge is 0.335 e. The summed E-state index contributed by atoms with van der Waals surface area (Å²) in [5, 5.41) is 18.5. The number of nitrogens with one attached hydrogen (secondary N) is 1. The lowest BCUT2D eigenvalue weighted by Gasteiger charge is -2.14. The van der Waals surface area contributed by atoms with Gasteiger partial charge in [0.15, 0.2) is 0 Å². The highest BCUT2D eigenvalue weighted by Gasteiger charge is 2.11. The van der Waals surface area contributed by atoms with Gasteiger partial charge in [0.25, 0.3) is 0 Å². The first-order chi connectivity index (χ1) is 13.1. The van der Waals surface area contributed by atoms with Gasteiger partial charge >= 0.3 is 5.97 Å². The molecule has 1 heterocycles. The second-order valence-electron chi connectivity index (χ2n) is 5.80. The molecule has 0 unspecified atom stereocenters. The molecule has 0 aliphatic carbocycles. The Labute approximate surface area is 161 Å². The molecule has 0 amide bonds. The highest BCUT2D eigenvalue weighted by Crippen LogP contribution is 2.33. The largest absolute Gasteiger partial charge is 0.478 e. The van der Waals surface area contributed by atoms with Crippen molar-refractivity contribution >= 4 is 23.6 Å². The Kier molecular flexibility index (Phi) is 5.74. The minimum atomic E-state index is -0.956. The molecule has 0 aliphatic rings. The van der Waals surface area contributed by atoms with Gasteiger partial charge in [-0.3, -0.25) is 4.98 Å². The minimum absolute atomic E-state index is 0.245. The van der Waals surface area contributed by atoms with Crippen LogP contribution in [0.3, 0.4) is 0 Å². The number of anilines is 1. The zero-order chi connectivity index (χ0) is 19.2. The van der Waals surface area contributed by atoms with Crippen molar-refractivity contribution in [3.8, 4) is 17.2 Å². The van der Waals surface area contributed by atoms with Crippen molar-refractivity contribution in [3.63, 3.8) is 0 Å². The van der Waals surface area contributed by atoms with Crippen LogP contribution < -0.4 is 4.72 Å². The molecule has 5 nitrogen and oxygen atoms in total. The number of hydrogen-bond acceptors (Lipinski definition) is 5. The van der Waals surface area contributed by atoms with Gasteiger partial charge in [-0.1, -0.05) is 25.1 Å². The van der Waals surface area contributed by atoms with Crippen LogP contribution in [0.15, 0.2) is 65.8 Å². The maximum atomic E-state index is 11.3. The Morgan fingerprint density at radius 1 is 1.26 bits per heavy atom. The van der Waals surface area contributed by atoms with Gasteiger partial charge in [-0.25, -0.2) is 4.79 Å². The van der Waals surface area contributed by atoms with E-state index in [4.69, 9.17) is 0 Å². The van der Waals surface area contributed by atoms with Crippen molar-refractivity contribution in [2.45, 2.75) is 18.2 Å². The number of nitrogens with zero attached hydrogens (tertiary/aromatic N) is 2. The van der Waals surface area contributed by atoms with Gasteiger partial charge in [0.2, 0.25) is 0 Å². The van der Waals surface area contributed by atoms with E-state index in [1.54, 1.807) is 36.7 Å². The molecule has 6 heteroatoms. The molecule has 0 saturated heterocycles. The molecule has 0 spiro atoms. The molecule has 27 heavy (non-hydrogen) atoms. The van der Waals surface area contributed by atoms with Crippen LogP contribution in [0.4, 0.5) is 5.69 Å². The van der Waals surface area contributed by atoms with Crippen LogP contribution in [0.5, 0.6) is 0 Å². The summed E-state index contributed by atoms with van der Waals surface area (Å²) >= 11 is 1.34. The Hall–Kier alpha value is -3.30. The predicted octanol–water partition coefficient (Wildman–Crippen LogP) is 5.00. The lowest BCUT2D eigenvalue weighted by atomic mass is 10.0. The number of rotatable bonds is 6. The monoisotopic (exact) mass is 375 g/mol. The Bertz CT molecular complexity index is 1010. The fourth-order valence-corrected chi connectivity index (χ4v) is 3.57. The number of hydrogen-bond donors (Lipinski definition) is 2. The number of aryl methyl sites for hydroxylation is 1. The van der Waals surface area contributed by atoms with Gasteiger partial charge in [-0.05, 0) is 54.3 Å². The first-order valence-electron chi connectivity index (χ1n) is 8.36. The van der Waals surface area contributed by atoms with E-state index in [0.717, 1.165) is 33.7 Å². The van der Waals surface area contributed by atoms with Crippen molar-refractivity contribution in [3.05, 3.63) is 77.6 Å². The first-order valence-corrected chi connectivity index (χ1v) is 9.17. The maximum absolute atomic E-state index is 11.3. The number of carboxylic acid groups (broad SMARTS) is 1. The quantitative estimate of drug-likeness (QED) is 0.590. The van der Waals surface area contributed by atoms with E-state index in [9.17, 15) is 15.2 Å². The molecule has 3 rings (SSSR count). The highest BCUT2D eigenvalue weighted by molar-refractivity contribution is 8.00. The summed E-state index contributed by atoms with van der Waals surface area (Å²) in [6, 6.07) is 16.5. The lowest BCUT2D eigenvalue weighted by molar-refractivity contribution is 0.0696. The van der Waals surface area contributed by atoms with Crippen molar-refractivity contribution in [2.75, 3.05) is 4.72 Å². The lowest BCUT2D eigenvalue weighted by Crippen LogP contribution is -1.99. The zero-order valence-corrected chi connectivity index (χ0v) is 15.5. The zero-order valence-electron chi connectivity index (χ0n) is 14.6. The average Bonchev–Trinajstić information content (AvgIpc) is 2.72. The molecule has 1 aromatic heterocycles. The van der Waals surface area contributed by atoms with Crippen molar-refractivity contribution in [2.24, 2.45) is 0 Å². The third kappa shape index (κ3) is 4.27. The first kappa shape index (κ1) is 18.5. The Morgan fingerprint density at radius 2 is 2.11 bits per heavy atom. The van der Waals surface area contributed by atoms with Crippen molar-refractivity contribution in [1.29, 1.82) is 5.26 Å². The van der Waals surface area contributed by atoms with Crippen LogP contribution in [0.2, 0.25) is 0 Å². The predicted molar refractivity (Wildman–Crippen MR) is 107 cm³/mol. The normalized spacial score (nSPS) is 10.2. The fourth-order valence-electron chi connectivity index (χ4n) is 2.66. The number of carbonyl (C=O) groups is 1. The van der Waals surface area contributed by atoms with Gasteiger partial charge in [0, 0.05) is 28.4 Å². The van der Waals surface area contributed by atoms with Crippen LogP contribution >= 0.6 is 11.9 Å². The number of aromatic nitrogens is 1. The Morgan fingerprint density at radius 3 is 2.78 bits per heavy atom. The molecular weight excluding hydrogens is 358 g/mol.